The molecule has 0 radical (unpaired) electrons. The second-order valence-electron chi connectivity index (χ2n) is 5.29. The van der Waals surface area contributed by atoms with E-state index in [0.717, 1.165) is 19.2 Å². The fourth-order valence-electron chi connectivity index (χ4n) is 2.09. The molecule has 2 atom stereocenters. The van der Waals surface area contributed by atoms with Crippen molar-refractivity contribution in [2.45, 2.75) is 25.6 Å². The number of rotatable bonds is 6. The summed E-state index contributed by atoms with van der Waals surface area (Å²) in [5.41, 5.74) is -1.26. The lowest BCUT2D eigenvalue weighted by Crippen LogP contribution is -2.43. The largest absolute Gasteiger partial charge is 0.469 e. The van der Waals surface area contributed by atoms with Crippen molar-refractivity contribution >= 4 is 17.8 Å². The molecule has 0 saturated heterocycles. The highest BCUT2D eigenvalue weighted by Crippen LogP contribution is 2.29. The number of hydrogen-bond donors (Lipinski definition) is 1. The number of esters is 2. The molecule has 0 fully saturated rings. The predicted molar refractivity (Wildman–Crippen MR) is 80.5 cm³/mol. The summed E-state index contributed by atoms with van der Waals surface area (Å²) in [6.07, 6.45) is -4.72. The third-order valence-electron chi connectivity index (χ3n) is 3.44. The first-order valence-corrected chi connectivity index (χ1v) is 7.24. The highest BCUT2D eigenvalue weighted by atomic mass is 19.4. The zero-order chi connectivity index (χ0) is 19.2. The first kappa shape index (κ1) is 20.5. The van der Waals surface area contributed by atoms with E-state index >= 15 is 0 Å². The SMILES string of the molecule is COC(=O)[C@H](C[C@H](C)C(=O)OC)NC(=O)c1cccc(C(F)(F)F)c1. The number of methoxy groups -OCH3 is 2. The predicted octanol–water partition coefficient (Wildman–Crippen LogP) is 2.18. The molecule has 1 rings (SSSR count). The zero-order valence-corrected chi connectivity index (χ0v) is 13.8. The van der Waals surface area contributed by atoms with Gasteiger partial charge in [-0.05, 0) is 24.6 Å². The molecule has 138 valence electrons. The van der Waals surface area contributed by atoms with Crippen molar-refractivity contribution < 1.29 is 37.0 Å². The summed E-state index contributed by atoms with van der Waals surface area (Å²) in [4.78, 5) is 35.4. The molecule has 0 bridgehead atoms. The van der Waals surface area contributed by atoms with Crippen LogP contribution in [-0.2, 0) is 25.2 Å². The van der Waals surface area contributed by atoms with E-state index in [1.807, 2.05) is 0 Å². The lowest BCUT2D eigenvalue weighted by atomic mass is 10.0. The van der Waals surface area contributed by atoms with Crippen molar-refractivity contribution in [2.75, 3.05) is 14.2 Å². The molecule has 0 unspecified atom stereocenters. The van der Waals surface area contributed by atoms with E-state index in [4.69, 9.17) is 0 Å². The number of ether oxygens (including phenoxy) is 2. The molecule has 1 N–H and O–H groups in total. The number of carbonyl (C=O) groups excluding carboxylic acids is 3. The number of benzene rings is 1. The summed E-state index contributed by atoms with van der Waals surface area (Å²) >= 11 is 0. The van der Waals surface area contributed by atoms with Crippen LogP contribution in [0.4, 0.5) is 13.2 Å². The van der Waals surface area contributed by atoms with E-state index < -0.39 is 41.5 Å². The van der Waals surface area contributed by atoms with E-state index in [9.17, 15) is 27.6 Å². The monoisotopic (exact) mass is 361 g/mol. The maximum absolute atomic E-state index is 12.7. The quantitative estimate of drug-likeness (QED) is 0.786. The standard InChI is InChI=1S/C16H18F3NO5/c1-9(14(22)24-2)7-12(15(23)25-3)20-13(21)10-5-4-6-11(8-10)16(17,18)19/h4-6,8-9,12H,7H2,1-3H3,(H,20,21)/t9-,12-/m0/s1. The van der Waals surface area contributed by atoms with Crippen LogP contribution in [0, 0.1) is 5.92 Å². The van der Waals surface area contributed by atoms with Gasteiger partial charge in [-0.1, -0.05) is 13.0 Å². The van der Waals surface area contributed by atoms with Crippen molar-refractivity contribution in [1.82, 2.24) is 5.32 Å². The van der Waals surface area contributed by atoms with Crippen LogP contribution in [0.5, 0.6) is 0 Å². The van der Waals surface area contributed by atoms with Gasteiger partial charge in [-0.3, -0.25) is 9.59 Å². The molecule has 9 heteroatoms. The fraction of sp³-hybridized carbons (Fsp3) is 0.438. The van der Waals surface area contributed by atoms with Crippen molar-refractivity contribution in [3.8, 4) is 0 Å². The van der Waals surface area contributed by atoms with Crippen LogP contribution in [0.15, 0.2) is 24.3 Å². The Morgan fingerprint density at radius 1 is 1.12 bits per heavy atom. The Hall–Kier alpha value is -2.58. The Kier molecular flexibility index (Phi) is 6.96. The van der Waals surface area contributed by atoms with Gasteiger partial charge in [-0.2, -0.15) is 13.2 Å². The van der Waals surface area contributed by atoms with Gasteiger partial charge in [0, 0.05) is 5.56 Å². The van der Waals surface area contributed by atoms with Gasteiger partial charge < -0.3 is 14.8 Å². The summed E-state index contributed by atoms with van der Waals surface area (Å²) < 4.78 is 47.3. The molecule has 0 heterocycles. The Balaban J connectivity index is 2.95. The Morgan fingerprint density at radius 3 is 2.24 bits per heavy atom. The lowest BCUT2D eigenvalue weighted by molar-refractivity contribution is -0.147. The maximum atomic E-state index is 12.7. The Morgan fingerprint density at radius 2 is 1.72 bits per heavy atom. The Bertz CT molecular complexity index is 645. The molecule has 6 nitrogen and oxygen atoms in total. The summed E-state index contributed by atoms with van der Waals surface area (Å²) in [5, 5.41) is 2.28. The number of alkyl halides is 3. The molecule has 1 amide bonds. The second kappa shape index (κ2) is 8.50. The first-order chi connectivity index (χ1) is 11.6. The number of amides is 1. The minimum Gasteiger partial charge on any atom is -0.469 e. The van der Waals surface area contributed by atoms with Gasteiger partial charge in [0.05, 0.1) is 25.7 Å². The van der Waals surface area contributed by atoms with E-state index in [-0.39, 0.29) is 12.0 Å². The van der Waals surface area contributed by atoms with Gasteiger partial charge in [-0.15, -0.1) is 0 Å². The van der Waals surface area contributed by atoms with Gasteiger partial charge in [0.2, 0.25) is 0 Å². The summed E-state index contributed by atoms with van der Waals surface area (Å²) in [6, 6.07) is 2.56. The number of hydrogen-bond acceptors (Lipinski definition) is 5. The number of carbonyl (C=O) groups is 3. The van der Waals surface area contributed by atoms with Crippen LogP contribution in [0.3, 0.4) is 0 Å². The molecule has 1 aromatic rings. The van der Waals surface area contributed by atoms with Gasteiger partial charge in [0.1, 0.15) is 6.04 Å². The van der Waals surface area contributed by atoms with Crippen molar-refractivity contribution in [2.24, 2.45) is 5.92 Å². The summed E-state index contributed by atoms with van der Waals surface area (Å²) in [7, 11) is 2.27. The van der Waals surface area contributed by atoms with E-state index in [0.29, 0.717) is 6.07 Å². The second-order valence-corrected chi connectivity index (χ2v) is 5.29. The van der Waals surface area contributed by atoms with Crippen LogP contribution in [0.1, 0.15) is 29.3 Å². The van der Waals surface area contributed by atoms with Crippen molar-refractivity contribution in [3.05, 3.63) is 35.4 Å². The third-order valence-corrected chi connectivity index (χ3v) is 3.44. The Labute approximate surface area is 142 Å². The molecule has 0 saturated carbocycles. The molecule has 0 aliphatic heterocycles. The van der Waals surface area contributed by atoms with Crippen molar-refractivity contribution in [3.63, 3.8) is 0 Å². The highest BCUT2D eigenvalue weighted by molar-refractivity contribution is 5.97. The third kappa shape index (κ3) is 5.77. The van der Waals surface area contributed by atoms with E-state index in [1.165, 1.54) is 20.1 Å². The van der Waals surface area contributed by atoms with Crippen LogP contribution < -0.4 is 5.32 Å². The van der Waals surface area contributed by atoms with Gasteiger partial charge in [0.15, 0.2) is 0 Å². The number of halogens is 3. The summed E-state index contributed by atoms with van der Waals surface area (Å²) in [5.74, 6) is -3.03. The topological polar surface area (TPSA) is 81.7 Å². The van der Waals surface area contributed by atoms with Gasteiger partial charge in [-0.25, -0.2) is 4.79 Å². The normalized spacial score (nSPS) is 13.5. The molecular formula is C16H18F3NO5. The molecule has 0 aromatic heterocycles. The molecule has 0 aliphatic rings. The zero-order valence-electron chi connectivity index (χ0n) is 13.8. The highest BCUT2D eigenvalue weighted by Gasteiger charge is 2.32. The maximum Gasteiger partial charge on any atom is 0.416 e. The average Bonchev–Trinajstić information content (AvgIpc) is 2.58. The molecule has 25 heavy (non-hydrogen) atoms. The molecule has 0 spiro atoms. The van der Waals surface area contributed by atoms with Crippen LogP contribution >= 0.6 is 0 Å². The minimum absolute atomic E-state index is 0.121. The van der Waals surface area contributed by atoms with Crippen LogP contribution in [0.2, 0.25) is 0 Å². The van der Waals surface area contributed by atoms with Gasteiger partial charge >= 0.3 is 18.1 Å². The molecule has 0 aliphatic carbocycles. The van der Waals surface area contributed by atoms with Crippen molar-refractivity contribution in [1.29, 1.82) is 0 Å². The fourth-order valence-corrected chi connectivity index (χ4v) is 2.09. The average molecular weight is 361 g/mol. The van der Waals surface area contributed by atoms with E-state index in [1.54, 1.807) is 0 Å². The minimum atomic E-state index is -4.60. The van der Waals surface area contributed by atoms with Crippen LogP contribution in [-0.4, -0.2) is 38.1 Å². The lowest BCUT2D eigenvalue weighted by Gasteiger charge is -2.19. The first-order valence-electron chi connectivity index (χ1n) is 7.24. The molecule has 1 aromatic carbocycles. The van der Waals surface area contributed by atoms with E-state index in [2.05, 4.69) is 14.8 Å². The van der Waals surface area contributed by atoms with Gasteiger partial charge in [0.25, 0.3) is 5.91 Å². The number of nitrogens with one attached hydrogen (secondary N) is 1. The van der Waals surface area contributed by atoms with Crippen LogP contribution in [0.25, 0.3) is 0 Å². The summed E-state index contributed by atoms with van der Waals surface area (Å²) in [6.45, 7) is 1.48. The molecular weight excluding hydrogens is 343 g/mol. The smallest absolute Gasteiger partial charge is 0.416 e.